The Morgan fingerprint density at radius 2 is 1.89 bits per heavy atom. The van der Waals surface area contributed by atoms with Gasteiger partial charge >= 0.3 is 12.0 Å². The van der Waals surface area contributed by atoms with Gasteiger partial charge in [0.15, 0.2) is 0 Å². The number of nitrogens with zero attached hydrogens (tertiary/aromatic N) is 1. The third-order valence-corrected chi connectivity index (χ3v) is 4.29. The second kappa shape index (κ2) is 6.23. The van der Waals surface area contributed by atoms with Crippen molar-refractivity contribution >= 4 is 12.0 Å². The van der Waals surface area contributed by atoms with E-state index in [0.717, 1.165) is 32.4 Å². The van der Waals surface area contributed by atoms with Crippen LogP contribution in [0.1, 0.15) is 32.1 Å². The van der Waals surface area contributed by atoms with Gasteiger partial charge in [0.2, 0.25) is 0 Å². The number of nitrogens with one attached hydrogen (secondary N) is 2. The minimum absolute atomic E-state index is 0.0118. The molecule has 2 atom stereocenters. The number of carboxylic acids is 1. The quantitative estimate of drug-likeness (QED) is 0.702. The normalized spacial score (nSPS) is 28.1. The predicted molar refractivity (Wildman–Crippen MR) is 71.0 cm³/mol. The average Bonchev–Trinajstić information content (AvgIpc) is 2.87. The molecule has 19 heavy (non-hydrogen) atoms. The summed E-state index contributed by atoms with van der Waals surface area (Å²) in [5.74, 6) is -1.04. The Hall–Kier alpha value is -1.30. The lowest BCUT2D eigenvalue weighted by molar-refractivity contribution is -0.141. The molecular formula is C13H23N3O3. The van der Waals surface area contributed by atoms with E-state index in [9.17, 15) is 9.59 Å². The van der Waals surface area contributed by atoms with E-state index in [4.69, 9.17) is 5.11 Å². The van der Waals surface area contributed by atoms with Crippen LogP contribution in [-0.4, -0.2) is 54.2 Å². The molecule has 1 saturated carbocycles. The molecule has 3 N–H and O–H groups in total. The third-order valence-electron chi connectivity index (χ3n) is 4.29. The topological polar surface area (TPSA) is 81.7 Å². The average molecular weight is 269 g/mol. The van der Waals surface area contributed by atoms with Gasteiger partial charge in [0.05, 0.1) is 5.92 Å². The van der Waals surface area contributed by atoms with E-state index >= 15 is 0 Å². The van der Waals surface area contributed by atoms with Crippen molar-refractivity contribution < 1.29 is 14.7 Å². The summed E-state index contributed by atoms with van der Waals surface area (Å²) in [7, 11) is 1.83. The highest BCUT2D eigenvalue weighted by Gasteiger charge is 2.32. The molecule has 6 heteroatoms. The van der Waals surface area contributed by atoms with Crippen LogP contribution in [0.2, 0.25) is 0 Å². The summed E-state index contributed by atoms with van der Waals surface area (Å²) < 4.78 is 0. The van der Waals surface area contributed by atoms with Crippen LogP contribution in [0.3, 0.4) is 0 Å². The van der Waals surface area contributed by atoms with Crippen molar-refractivity contribution in [3.63, 3.8) is 0 Å². The van der Waals surface area contributed by atoms with Crippen LogP contribution in [0.25, 0.3) is 0 Å². The molecule has 1 aliphatic heterocycles. The molecule has 2 fully saturated rings. The zero-order chi connectivity index (χ0) is 13.8. The first kappa shape index (κ1) is 14.1. The first-order valence-electron chi connectivity index (χ1n) is 7.04. The molecule has 2 aliphatic rings. The van der Waals surface area contributed by atoms with E-state index in [1.165, 1.54) is 0 Å². The highest BCUT2D eigenvalue weighted by atomic mass is 16.4. The molecule has 0 aromatic carbocycles. The number of piperidine rings is 1. The highest BCUT2D eigenvalue weighted by molar-refractivity contribution is 5.75. The molecule has 0 aromatic rings. The molecule has 6 nitrogen and oxygen atoms in total. The maximum absolute atomic E-state index is 12.1. The van der Waals surface area contributed by atoms with Gasteiger partial charge < -0.3 is 20.6 Å². The van der Waals surface area contributed by atoms with Gasteiger partial charge in [-0.05, 0) is 45.2 Å². The summed E-state index contributed by atoms with van der Waals surface area (Å²) in [6, 6.07) is 0.235. The van der Waals surface area contributed by atoms with E-state index in [1.54, 1.807) is 4.90 Å². The largest absolute Gasteiger partial charge is 0.481 e. The van der Waals surface area contributed by atoms with Gasteiger partial charge in [0.1, 0.15) is 0 Å². The summed E-state index contributed by atoms with van der Waals surface area (Å²) in [6.45, 7) is 1.90. The van der Waals surface area contributed by atoms with Gasteiger partial charge in [-0.15, -0.1) is 0 Å². The van der Waals surface area contributed by atoms with E-state index in [2.05, 4.69) is 10.6 Å². The number of carboxylic acid groups (broad SMARTS) is 1. The van der Waals surface area contributed by atoms with Crippen molar-refractivity contribution in [3.05, 3.63) is 0 Å². The molecule has 0 radical (unpaired) electrons. The van der Waals surface area contributed by atoms with Crippen LogP contribution < -0.4 is 10.6 Å². The Bertz CT molecular complexity index is 342. The maximum Gasteiger partial charge on any atom is 0.317 e. The van der Waals surface area contributed by atoms with Crippen LogP contribution in [0.5, 0.6) is 0 Å². The lowest BCUT2D eigenvalue weighted by Gasteiger charge is -2.32. The number of amides is 2. The number of carbonyl (C=O) groups is 2. The summed E-state index contributed by atoms with van der Waals surface area (Å²) in [5.41, 5.74) is 0. The Kier molecular flexibility index (Phi) is 4.63. The number of aliphatic carboxylic acids is 1. The van der Waals surface area contributed by atoms with Gasteiger partial charge in [0, 0.05) is 19.1 Å². The van der Waals surface area contributed by atoms with Gasteiger partial charge in [0.25, 0.3) is 0 Å². The fraction of sp³-hybridized carbons (Fsp3) is 0.846. The van der Waals surface area contributed by atoms with Crippen LogP contribution in [0.4, 0.5) is 4.79 Å². The number of hydrogen-bond donors (Lipinski definition) is 3. The third kappa shape index (κ3) is 3.59. The number of urea groups is 1. The van der Waals surface area contributed by atoms with Gasteiger partial charge in [-0.3, -0.25) is 4.79 Å². The number of hydrogen-bond acceptors (Lipinski definition) is 3. The molecule has 108 valence electrons. The highest BCUT2D eigenvalue weighted by Crippen LogP contribution is 2.25. The molecule has 0 aromatic heterocycles. The van der Waals surface area contributed by atoms with E-state index < -0.39 is 5.97 Å². The van der Waals surface area contributed by atoms with Crippen molar-refractivity contribution in [3.8, 4) is 0 Å². The van der Waals surface area contributed by atoms with Gasteiger partial charge in [-0.25, -0.2) is 4.79 Å². The minimum Gasteiger partial charge on any atom is -0.481 e. The molecule has 1 aliphatic carbocycles. The first-order valence-corrected chi connectivity index (χ1v) is 7.04. The minimum atomic E-state index is -0.747. The van der Waals surface area contributed by atoms with E-state index in [-0.39, 0.29) is 24.0 Å². The lowest BCUT2D eigenvalue weighted by atomic mass is 10.1. The van der Waals surface area contributed by atoms with E-state index in [0.29, 0.717) is 12.8 Å². The smallest absolute Gasteiger partial charge is 0.317 e. The molecule has 0 spiro atoms. The molecule has 2 amide bonds. The number of rotatable bonds is 3. The van der Waals surface area contributed by atoms with Crippen LogP contribution in [0.15, 0.2) is 0 Å². The van der Waals surface area contributed by atoms with Crippen LogP contribution in [0, 0.1) is 5.92 Å². The number of carbonyl (C=O) groups excluding carboxylic acids is 1. The molecular weight excluding hydrogens is 246 g/mol. The fourth-order valence-electron chi connectivity index (χ4n) is 2.97. The predicted octanol–water partition coefficient (Wildman–Crippen LogP) is 0.633. The van der Waals surface area contributed by atoms with E-state index in [1.807, 2.05) is 7.05 Å². The van der Waals surface area contributed by atoms with Crippen molar-refractivity contribution in [2.24, 2.45) is 5.92 Å². The summed E-state index contributed by atoms with van der Waals surface area (Å²) in [5, 5.41) is 15.2. The summed E-state index contributed by atoms with van der Waals surface area (Å²) >= 11 is 0. The molecule has 1 saturated heterocycles. The Labute approximate surface area is 113 Å². The van der Waals surface area contributed by atoms with Crippen molar-refractivity contribution in [1.82, 2.24) is 15.5 Å². The van der Waals surface area contributed by atoms with Gasteiger partial charge in [-0.2, -0.15) is 0 Å². The zero-order valence-corrected chi connectivity index (χ0v) is 11.4. The second-order valence-corrected chi connectivity index (χ2v) is 5.59. The van der Waals surface area contributed by atoms with Gasteiger partial charge in [-0.1, -0.05) is 0 Å². The Morgan fingerprint density at radius 3 is 2.47 bits per heavy atom. The Balaban J connectivity index is 1.79. The monoisotopic (exact) mass is 269 g/mol. The first-order chi connectivity index (χ1) is 9.08. The van der Waals surface area contributed by atoms with Crippen molar-refractivity contribution in [2.75, 3.05) is 20.1 Å². The lowest BCUT2D eigenvalue weighted by Crippen LogP contribution is -2.49. The molecule has 1 heterocycles. The molecule has 2 rings (SSSR count). The SMILES string of the molecule is CN(C(=O)NC1CCC(C(=O)O)C1)C1CCNCC1. The zero-order valence-electron chi connectivity index (χ0n) is 11.4. The standard InChI is InChI=1S/C13H23N3O3/c1-16(11-4-6-14-7-5-11)13(19)15-10-3-2-9(8-10)12(17)18/h9-11,14H,2-8H2,1H3,(H,15,19)(H,17,18). The summed E-state index contributed by atoms with van der Waals surface area (Å²) in [6.07, 6.45) is 3.94. The van der Waals surface area contributed by atoms with Crippen molar-refractivity contribution in [1.29, 1.82) is 0 Å². The fourth-order valence-corrected chi connectivity index (χ4v) is 2.97. The van der Waals surface area contributed by atoms with Crippen molar-refractivity contribution in [2.45, 2.75) is 44.2 Å². The van der Waals surface area contributed by atoms with Crippen LogP contribution >= 0.6 is 0 Å². The summed E-state index contributed by atoms with van der Waals surface area (Å²) in [4.78, 5) is 24.8. The second-order valence-electron chi connectivity index (χ2n) is 5.59. The Morgan fingerprint density at radius 1 is 1.21 bits per heavy atom. The molecule has 2 unspecified atom stereocenters. The maximum atomic E-state index is 12.1. The molecule has 0 bridgehead atoms. The van der Waals surface area contributed by atoms with Crippen LogP contribution in [-0.2, 0) is 4.79 Å².